The third-order valence-electron chi connectivity index (χ3n) is 4.34. The molecule has 0 aromatic heterocycles. The molecule has 0 bridgehead atoms. The highest BCUT2D eigenvalue weighted by Crippen LogP contribution is 2.14. The fourth-order valence-corrected chi connectivity index (χ4v) is 2.86. The van der Waals surface area contributed by atoms with Crippen LogP contribution in [0.1, 0.15) is 110 Å². The van der Waals surface area contributed by atoms with Gasteiger partial charge in [0.15, 0.2) is 0 Å². The van der Waals surface area contributed by atoms with Gasteiger partial charge in [-0.15, -0.1) is 0 Å². The Bertz CT molecular complexity index is 182. The van der Waals surface area contributed by atoms with Crippen LogP contribution >= 0.6 is 0 Å². The van der Waals surface area contributed by atoms with Crippen LogP contribution in [0.5, 0.6) is 0 Å². The number of rotatable bonds is 17. The maximum absolute atomic E-state index is 9.93. The number of hydrogen-bond acceptors (Lipinski definition) is 2. The van der Waals surface area contributed by atoms with E-state index in [9.17, 15) is 5.11 Å². The van der Waals surface area contributed by atoms with Gasteiger partial charge in [-0.05, 0) is 19.3 Å². The molecule has 0 radical (unpaired) electrons. The van der Waals surface area contributed by atoms with Gasteiger partial charge in [0.25, 0.3) is 0 Å². The normalized spacial score (nSPS) is 12.7. The fraction of sp³-hybridized carbons (Fsp3) is 1.00. The van der Waals surface area contributed by atoms with Crippen molar-refractivity contribution in [3.63, 3.8) is 0 Å². The van der Waals surface area contributed by atoms with E-state index in [1.165, 1.54) is 83.5 Å². The summed E-state index contributed by atoms with van der Waals surface area (Å²) in [6, 6.07) is 0. The molecule has 0 aliphatic carbocycles. The van der Waals surface area contributed by atoms with E-state index in [0.717, 1.165) is 19.3 Å². The van der Waals surface area contributed by atoms with Crippen LogP contribution in [0.25, 0.3) is 0 Å². The molecule has 0 aliphatic heterocycles. The van der Waals surface area contributed by atoms with Gasteiger partial charge >= 0.3 is 0 Å². The predicted molar refractivity (Wildman–Crippen MR) is 92.6 cm³/mol. The van der Waals surface area contributed by atoms with Crippen molar-refractivity contribution < 1.29 is 10.2 Å². The van der Waals surface area contributed by atoms with Crippen LogP contribution in [-0.2, 0) is 0 Å². The van der Waals surface area contributed by atoms with Gasteiger partial charge in [-0.25, -0.2) is 0 Å². The summed E-state index contributed by atoms with van der Waals surface area (Å²) >= 11 is 0. The fourth-order valence-electron chi connectivity index (χ4n) is 2.86. The number of aliphatic hydroxyl groups excluding tert-OH is 2. The van der Waals surface area contributed by atoms with Crippen molar-refractivity contribution in [2.45, 2.75) is 116 Å². The van der Waals surface area contributed by atoms with Gasteiger partial charge in [0.05, 0.1) is 6.10 Å². The average Bonchev–Trinajstić information content (AvgIpc) is 2.49. The van der Waals surface area contributed by atoms with Crippen LogP contribution in [0.15, 0.2) is 0 Å². The van der Waals surface area contributed by atoms with Crippen LogP contribution < -0.4 is 0 Å². The lowest BCUT2D eigenvalue weighted by atomic mass is 10.0. The molecular formula is C19H40O2. The first-order chi connectivity index (χ1) is 10.3. The third kappa shape index (κ3) is 17.9. The molecule has 1 unspecified atom stereocenters. The van der Waals surface area contributed by atoms with Crippen molar-refractivity contribution in [2.75, 3.05) is 6.61 Å². The molecule has 21 heavy (non-hydrogen) atoms. The van der Waals surface area contributed by atoms with Crippen LogP contribution in [0, 0.1) is 0 Å². The van der Waals surface area contributed by atoms with Crippen molar-refractivity contribution in [1.82, 2.24) is 0 Å². The summed E-state index contributed by atoms with van der Waals surface area (Å²) in [5, 5.41) is 18.6. The molecule has 2 heteroatoms. The van der Waals surface area contributed by atoms with Gasteiger partial charge in [-0.3, -0.25) is 0 Å². The Labute approximate surface area is 133 Å². The van der Waals surface area contributed by atoms with E-state index in [2.05, 4.69) is 6.92 Å². The zero-order valence-corrected chi connectivity index (χ0v) is 14.5. The Kier molecular flexibility index (Phi) is 17.9. The lowest BCUT2D eigenvalue weighted by Gasteiger charge is -2.10. The zero-order valence-electron chi connectivity index (χ0n) is 14.5. The van der Waals surface area contributed by atoms with Crippen molar-refractivity contribution in [3.05, 3.63) is 0 Å². The summed E-state index contributed by atoms with van der Waals surface area (Å²) in [6.45, 7) is 2.59. The summed E-state index contributed by atoms with van der Waals surface area (Å²) in [5.41, 5.74) is 0. The lowest BCUT2D eigenvalue weighted by molar-refractivity contribution is 0.147. The van der Waals surface area contributed by atoms with Crippen molar-refractivity contribution >= 4 is 0 Å². The van der Waals surface area contributed by atoms with E-state index in [-0.39, 0.29) is 6.10 Å². The van der Waals surface area contributed by atoms with Crippen LogP contribution in [0.4, 0.5) is 0 Å². The molecule has 0 fully saturated rings. The van der Waals surface area contributed by atoms with Gasteiger partial charge < -0.3 is 10.2 Å². The standard InChI is InChI=1S/C19H40O2/c1-2-3-4-5-10-13-16-19(21)17-14-11-8-6-7-9-12-15-18-20/h19-21H,2-18H2,1H3. The van der Waals surface area contributed by atoms with Gasteiger partial charge in [0, 0.05) is 6.61 Å². The van der Waals surface area contributed by atoms with E-state index in [4.69, 9.17) is 5.11 Å². The van der Waals surface area contributed by atoms with Crippen LogP contribution in [0.3, 0.4) is 0 Å². The first-order valence-corrected chi connectivity index (χ1v) is 9.60. The van der Waals surface area contributed by atoms with Gasteiger partial charge in [-0.1, -0.05) is 90.4 Å². The molecule has 0 spiro atoms. The van der Waals surface area contributed by atoms with E-state index in [0.29, 0.717) is 6.61 Å². The van der Waals surface area contributed by atoms with Crippen molar-refractivity contribution in [2.24, 2.45) is 0 Å². The highest BCUT2D eigenvalue weighted by Gasteiger charge is 2.03. The Hall–Kier alpha value is -0.0800. The molecule has 0 aliphatic rings. The first kappa shape index (κ1) is 20.9. The average molecular weight is 301 g/mol. The summed E-state index contributed by atoms with van der Waals surface area (Å²) in [6.07, 6.45) is 19.6. The Balaban J connectivity index is 3.10. The van der Waals surface area contributed by atoms with Gasteiger partial charge in [-0.2, -0.15) is 0 Å². The molecule has 0 heterocycles. The monoisotopic (exact) mass is 300 g/mol. The molecule has 1 atom stereocenters. The minimum atomic E-state index is -0.0549. The van der Waals surface area contributed by atoms with Crippen molar-refractivity contribution in [1.29, 1.82) is 0 Å². The molecule has 0 amide bonds. The topological polar surface area (TPSA) is 40.5 Å². The maximum Gasteiger partial charge on any atom is 0.0540 e. The SMILES string of the molecule is CCCCCCCCC(O)CCCCCCCCCCO. The van der Waals surface area contributed by atoms with Crippen LogP contribution in [0.2, 0.25) is 0 Å². The molecule has 0 rings (SSSR count). The van der Waals surface area contributed by atoms with E-state index in [1.54, 1.807) is 0 Å². The zero-order chi connectivity index (χ0) is 15.6. The number of hydrogen-bond donors (Lipinski definition) is 2. The summed E-state index contributed by atoms with van der Waals surface area (Å²) in [4.78, 5) is 0. The quantitative estimate of drug-likeness (QED) is 0.343. The summed E-state index contributed by atoms with van der Waals surface area (Å²) in [5.74, 6) is 0. The van der Waals surface area contributed by atoms with E-state index in [1.807, 2.05) is 0 Å². The van der Waals surface area contributed by atoms with Crippen LogP contribution in [-0.4, -0.2) is 22.9 Å². The van der Waals surface area contributed by atoms with Gasteiger partial charge in [0.1, 0.15) is 0 Å². The Morgan fingerprint density at radius 2 is 0.952 bits per heavy atom. The molecule has 0 saturated heterocycles. The largest absolute Gasteiger partial charge is 0.396 e. The predicted octanol–water partition coefficient (Wildman–Crippen LogP) is 5.60. The summed E-state index contributed by atoms with van der Waals surface area (Å²) in [7, 11) is 0. The Morgan fingerprint density at radius 3 is 1.38 bits per heavy atom. The number of aliphatic hydroxyl groups is 2. The summed E-state index contributed by atoms with van der Waals surface area (Å²) < 4.78 is 0. The number of unbranched alkanes of at least 4 members (excludes halogenated alkanes) is 12. The van der Waals surface area contributed by atoms with E-state index >= 15 is 0 Å². The molecular weight excluding hydrogens is 260 g/mol. The molecule has 0 aromatic rings. The highest BCUT2D eigenvalue weighted by molar-refractivity contribution is 4.57. The second-order valence-corrected chi connectivity index (χ2v) is 6.55. The molecule has 0 aromatic carbocycles. The van der Waals surface area contributed by atoms with Gasteiger partial charge in [0.2, 0.25) is 0 Å². The highest BCUT2D eigenvalue weighted by atomic mass is 16.3. The molecule has 0 saturated carbocycles. The smallest absolute Gasteiger partial charge is 0.0540 e. The minimum Gasteiger partial charge on any atom is -0.396 e. The third-order valence-corrected chi connectivity index (χ3v) is 4.34. The Morgan fingerprint density at radius 1 is 0.571 bits per heavy atom. The van der Waals surface area contributed by atoms with Crippen molar-refractivity contribution in [3.8, 4) is 0 Å². The molecule has 128 valence electrons. The first-order valence-electron chi connectivity index (χ1n) is 9.60. The van der Waals surface area contributed by atoms with E-state index < -0.39 is 0 Å². The lowest BCUT2D eigenvalue weighted by Crippen LogP contribution is -2.05. The maximum atomic E-state index is 9.93. The molecule has 2 N–H and O–H groups in total. The second-order valence-electron chi connectivity index (χ2n) is 6.55. The second kappa shape index (κ2) is 18.0. The molecule has 2 nitrogen and oxygen atoms in total. The minimum absolute atomic E-state index is 0.0549.